The van der Waals surface area contributed by atoms with Crippen LogP contribution in [-0.4, -0.2) is 12.1 Å². The van der Waals surface area contributed by atoms with Crippen LogP contribution in [0.5, 0.6) is 0 Å². The van der Waals surface area contributed by atoms with Gasteiger partial charge >= 0.3 is 0 Å². The molecular weight excluding hydrogens is 248 g/mol. The lowest BCUT2D eigenvalue weighted by Crippen LogP contribution is -2.05. The highest BCUT2D eigenvalue weighted by atomic mass is 16.1. The van der Waals surface area contributed by atoms with Crippen LogP contribution < -0.4 is 0 Å². The van der Waals surface area contributed by atoms with E-state index in [0.29, 0.717) is 16.7 Å². The van der Waals surface area contributed by atoms with E-state index in [-0.39, 0.29) is 5.78 Å². The minimum atomic E-state index is -0.126. The second-order valence-corrected chi connectivity index (χ2v) is 4.60. The molecule has 0 saturated carbocycles. The van der Waals surface area contributed by atoms with E-state index in [9.17, 15) is 9.59 Å². The van der Waals surface area contributed by atoms with Gasteiger partial charge in [0.2, 0.25) is 0 Å². The first-order valence-corrected chi connectivity index (χ1v) is 6.37. The van der Waals surface area contributed by atoms with Crippen molar-refractivity contribution in [3.63, 3.8) is 0 Å². The van der Waals surface area contributed by atoms with Crippen molar-refractivity contribution in [3.8, 4) is 0 Å². The van der Waals surface area contributed by atoms with E-state index < -0.39 is 0 Å². The maximum atomic E-state index is 12.5. The topological polar surface area (TPSA) is 34.1 Å². The summed E-state index contributed by atoms with van der Waals surface area (Å²) in [6, 6.07) is 20.2. The van der Waals surface area contributed by atoms with Gasteiger partial charge in [0.25, 0.3) is 0 Å². The number of benzene rings is 3. The Morgan fingerprint density at radius 3 is 2.05 bits per heavy atom. The van der Waals surface area contributed by atoms with Crippen LogP contribution in [0.2, 0.25) is 0 Å². The third-order valence-corrected chi connectivity index (χ3v) is 3.33. The van der Waals surface area contributed by atoms with Crippen molar-refractivity contribution in [1.82, 2.24) is 0 Å². The Hall–Kier alpha value is -2.74. The molecule has 0 aromatic heterocycles. The summed E-state index contributed by atoms with van der Waals surface area (Å²) in [5.74, 6) is -0.126. The second kappa shape index (κ2) is 5.10. The van der Waals surface area contributed by atoms with E-state index in [4.69, 9.17) is 0 Å². The minimum absolute atomic E-state index is 0.126. The molecule has 3 aromatic carbocycles. The highest BCUT2D eigenvalue weighted by Gasteiger charge is 2.14. The first-order valence-electron chi connectivity index (χ1n) is 6.37. The maximum Gasteiger partial charge on any atom is 0.193 e. The van der Waals surface area contributed by atoms with Gasteiger partial charge in [-0.3, -0.25) is 9.59 Å². The zero-order valence-corrected chi connectivity index (χ0v) is 10.7. The summed E-state index contributed by atoms with van der Waals surface area (Å²) in [4.78, 5) is 23.8. The molecule has 2 nitrogen and oxygen atoms in total. The van der Waals surface area contributed by atoms with Crippen molar-refractivity contribution in [1.29, 1.82) is 0 Å². The summed E-state index contributed by atoms with van der Waals surface area (Å²) in [7, 11) is 0. The smallest absolute Gasteiger partial charge is 0.193 e. The molecule has 0 bridgehead atoms. The molecule has 0 radical (unpaired) electrons. The van der Waals surface area contributed by atoms with Gasteiger partial charge in [0.15, 0.2) is 12.1 Å². The van der Waals surface area contributed by atoms with Gasteiger partial charge in [-0.05, 0) is 22.9 Å². The maximum absolute atomic E-state index is 12.5. The Bertz CT molecular complexity index is 789. The monoisotopic (exact) mass is 260 g/mol. The molecule has 0 aliphatic heterocycles. The molecule has 0 aliphatic carbocycles. The van der Waals surface area contributed by atoms with Gasteiger partial charge in [-0.15, -0.1) is 0 Å². The average Bonchev–Trinajstić information content (AvgIpc) is 2.53. The van der Waals surface area contributed by atoms with Gasteiger partial charge in [-0.25, -0.2) is 0 Å². The van der Waals surface area contributed by atoms with Gasteiger partial charge < -0.3 is 0 Å². The fraction of sp³-hybridized carbons (Fsp3) is 0. The summed E-state index contributed by atoms with van der Waals surface area (Å²) in [6.45, 7) is 0. The molecule has 0 N–H and O–H groups in total. The number of ketones is 1. The Kier molecular flexibility index (Phi) is 3.13. The Morgan fingerprint density at radius 1 is 0.800 bits per heavy atom. The molecule has 3 rings (SSSR count). The Morgan fingerprint density at radius 2 is 1.40 bits per heavy atom. The normalized spacial score (nSPS) is 10.4. The number of carbonyl (C=O) groups is 2. The summed E-state index contributed by atoms with van der Waals surface area (Å²) in [6.07, 6.45) is 0.739. The van der Waals surface area contributed by atoms with Crippen molar-refractivity contribution >= 4 is 22.8 Å². The lowest BCUT2D eigenvalue weighted by molar-refractivity contribution is 0.103. The lowest BCUT2D eigenvalue weighted by Gasteiger charge is -2.07. The van der Waals surface area contributed by atoms with E-state index in [0.717, 1.165) is 17.1 Å². The second-order valence-electron chi connectivity index (χ2n) is 4.60. The fourth-order valence-corrected chi connectivity index (χ4v) is 2.30. The molecule has 0 spiro atoms. The number of aldehydes is 1. The highest BCUT2D eigenvalue weighted by molar-refractivity contribution is 6.14. The van der Waals surface area contributed by atoms with Crippen LogP contribution in [0.25, 0.3) is 10.8 Å². The summed E-state index contributed by atoms with van der Waals surface area (Å²) in [5, 5.41) is 1.91. The molecule has 0 unspecified atom stereocenters. The van der Waals surface area contributed by atoms with Crippen molar-refractivity contribution < 1.29 is 9.59 Å². The quantitative estimate of drug-likeness (QED) is 0.529. The van der Waals surface area contributed by atoms with Crippen LogP contribution in [0.4, 0.5) is 0 Å². The van der Waals surface area contributed by atoms with Crippen LogP contribution in [-0.2, 0) is 0 Å². The number of carbonyl (C=O) groups excluding carboxylic acids is 2. The van der Waals surface area contributed by atoms with Crippen LogP contribution in [0.3, 0.4) is 0 Å². The number of fused-ring (bicyclic) bond motifs is 1. The third kappa shape index (κ3) is 2.12. The van der Waals surface area contributed by atoms with E-state index in [2.05, 4.69) is 0 Å². The standard InChI is InChI=1S/C18H12O2/c19-12-16-10-14-8-4-5-9-15(14)11-17(16)18(20)13-6-2-1-3-7-13/h1-12H. The molecule has 0 amide bonds. The van der Waals surface area contributed by atoms with Crippen molar-refractivity contribution in [3.05, 3.63) is 83.4 Å². The SMILES string of the molecule is O=Cc1cc2ccccc2cc1C(=O)c1ccccc1. The van der Waals surface area contributed by atoms with Crippen LogP contribution in [0.15, 0.2) is 66.7 Å². The lowest BCUT2D eigenvalue weighted by atomic mass is 9.95. The summed E-state index contributed by atoms with van der Waals surface area (Å²) in [5.41, 5.74) is 1.47. The number of rotatable bonds is 3. The number of hydrogen-bond donors (Lipinski definition) is 0. The molecule has 0 atom stereocenters. The molecule has 3 aromatic rings. The molecule has 0 aliphatic rings. The molecule has 96 valence electrons. The highest BCUT2D eigenvalue weighted by Crippen LogP contribution is 2.21. The molecule has 20 heavy (non-hydrogen) atoms. The van der Waals surface area contributed by atoms with Crippen molar-refractivity contribution in [2.75, 3.05) is 0 Å². The van der Waals surface area contributed by atoms with Crippen LogP contribution in [0, 0.1) is 0 Å². The molecule has 0 fully saturated rings. The van der Waals surface area contributed by atoms with Gasteiger partial charge in [0.05, 0.1) is 0 Å². The largest absolute Gasteiger partial charge is 0.298 e. The van der Waals surface area contributed by atoms with E-state index in [1.165, 1.54) is 0 Å². The summed E-state index contributed by atoms with van der Waals surface area (Å²) < 4.78 is 0. The van der Waals surface area contributed by atoms with Gasteiger partial charge in [0.1, 0.15) is 0 Å². The molecule has 0 saturated heterocycles. The van der Waals surface area contributed by atoms with Gasteiger partial charge in [0, 0.05) is 16.7 Å². The zero-order valence-electron chi connectivity index (χ0n) is 10.7. The minimum Gasteiger partial charge on any atom is -0.298 e. The van der Waals surface area contributed by atoms with Gasteiger partial charge in [-0.1, -0.05) is 54.6 Å². The van der Waals surface area contributed by atoms with Crippen molar-refractivity contribution in [2.24, 2.45) is 0 Å². The van der Waals surface area contributed by atoms with Crippen molar-refractivity contribution in [2.45, 2.75) is 0 Å². The van der Waals surface area contributed by atoms with E-state index in [1.807, 2.05) is 42.5 Å². The zero-order chi connectivity index (χ0) is 13.9. The van der Waals surface area contributed by atoms with Gasteiger partial charge in [-0.2, -0.15) is 0 Å². The summed E-state index contributed by atoms with van der Waals surface area (Å²) >= 11 is 0. The number of hydrogen-bond acceptors (Lipinski definition) is 2. The first kappa shape index (κ1) is 12.3. The molecular formula is C18H12O2. The predicted octanol–water partition coefficient (Wildman–Crippen LogP) is 3.88. The van der Waals surface area contributed by atoms with E-state index >= 15 is 0 Å². The predicted molar refractivity (Wildman–Crippen MR) is 79.2 cm³/mol. The average molecular weight is 260 g/mol. The third-order valence-electron chi connectivity index (χ3n) is 3.33. The Balaban J connectivity index is 2.20. The fourth-order valence-electron chi connectivity index (χ4n) is 2.30. The Labute approximate surface area is 116 Å². The van der Waals surface area contributed by atoms with Crippen LogP contribution >= 0.6 is 0 Å². The molecule has 2 heteroatoms. The first-order chi connectivity index (χ1) is 9.79. The van der Waals surface area contributed by atoms with E-state index in [1.54, 1.807) is 24.3 Å². The molecule has 0 heterocycles. The van der Waals surface area contributed by atoms with Crippen LogP contribution in [0.1, 0.15) is 26.3 Å².